The molecule has 0 aliphatic carbocycles. The van der Waals surface area contributed by atoms with Crippen LogP contribution < -0.4 is 0 Å². The standard InChI is InChI=1S/C16H25N3O/c1-5-14(18(3)4)16-17-13-11-12(2)7-8-15(13)19(16)9-6-10-20/h7-8,11,14,20H,5-6,9-10H2,1-4H3. The van der Waals surface area contributed by atoms with Crippen molar-refractivity contribution < 1.29 is 5.11 Å². The normalized spacial score (nSPS) is 13.3. The van der Waals surface area contributed by atoms with E-state index >= 15 is 0 Å². The van der Waals surface area contributed by atoms with Crippen molar-refractivity contribution in [2.75, 3.05) is 20.7 Å². The average Bonchev–Trinajstić information content (AvgIpc) is 2.74. The maximum Gasteiger partial charge on any atom is 0.127 e. The number of aliphatic hydroxyl groups excluding tert-OH is 1. The molecule has 0 saturated heterocycles. The van der Waals surface area contributed by atoms with Gasteiger partial charge in [0.2, 0.25) is 0 Å². The summed E-state index contributed by atoms with van der Waals surface area (Å²) in [5.74, 6) is 1.10. The van der Waals surface area contributed by atoms with Crippen LogP contribution in [-0.2, 0) is 6.54 Å². The highest BCUT2D eigenvalue weighted by Crippen LogP contribution is 2.26. The quantitative estimate of drug-likeness (QED) is 0.881. The van der Waals surface area contributed by atoms with E-state index in [1.54, 1.807) is 0 Å². The summed E-state index contributed by atoms with van der Waals surface area (Å²) in [4.78, 5) is 7.07. The van der Waals surface area contributed by atoms with Gasteiger partial charge in [0, 0.05) is 13.2 Å². The second kappa shape index (κ2) is 6.37. The summed E-state index contributed by atoms with van der Waals surface area (Å²) in [5, 5.41) is 9.13. The van der Waals surface area contributed by atoms with Crippen molar-refractivity contribution in [1.82, 2.24) is 14.5 Å². The number of nitrogens with zero attached hydrogens (tertiary/aromatic N) is 3. The molecule has 2 rings (SSSR count). The van der Waals surface area contributed by atoms with E-state index in [9.17, 15) is 0 Å². The zero-order valence-corrected chi connectivity index (χ0v) is 12.9. The topological polar surface area (TPSA) is 41.3 Å². The Balaban J connectivity index is 2.55. The molecule has 0 spiro atoms. The molecule has 0 radical (unpaired) electrons. The fourth-order valence-corrected chi connectivity index (χ4v) is 2.76. The minimum Gasteiger partial charge on any atom is -0.396 e. The fraction of sp³-hybridized carbons (Fsp3) is 0.562. The molecule has 0 amide bonds. The van der Waals surface area contributed by atoms with E-state index in [-0.39, 0.29) is 6.61 Å². The van der Waals surface area contributed by atoms with Crippen LogP contribution in [0.25, 0.3) is 11.0 Å². The summed E-state index contributed by atoms with van der Waals surface area (Å²) in [5.41, 5.74) is 3.45. The molecule has 4 heteroatoms. The van der Waals surface area contributed by atoms with Crippen LogP contribution in [0, 0.1) is 6.92 Å². The van der Waals surface area contributed by atoms with Crippen LogP contribution in [0.2, 0.25) is 0 Å². The number of fused-ring (bicyclic) bond motifs is 1. The second-order valence-corrected chi connectivity index (χ2v) is 5.58. The summed E-state index contributed by atoms with van der Waals surface area (Å²) in [7, 11) is 4.18. The Morgan fingerprint density at radius 3 is 2.70 bits per heavy atom. The third-order valence-corrected chi connectivity index (χ3v) is 3.78. The fourth-order valence-electron chi connectivity index (χ4n) is 2.76. The van der Waals surface area contributed by atoms with Crippen molar-refractivity contribution >= 4 is 11.0 Å². The van der Waals surface area contributed by atoms with Crippen molar-refractivity contribution in [2.45, 2.75) is 39.3 Å². The highest BCUT2D eigenvalue weighted by atomic mass is 16.3. The lowest BCUT2D eigenvalue weighted by Crippen LogP contribution is -2.23. The lowest BCUT2D eigenvalue weighted by molar-refractivity contribution is 0.261. The van der Waals surface area contributed by atoms with E-state index < -0.39 is 0 Å². The molecule has 1 aromatic heterocycles. The molecule has 0 aliphatic heterocycles. The summed E-state index contributed by atoms with van der Waals surface area (Å²) in [6.45, 7) is 5.31. The number of hydrogen-bond acceptors (Lipinski definition) is 3. The monoisotopic (exact) mass is 275 g/mol. The highest BCUT2D eigenvalue weighted by Gasteiger charge is 2.20. The van der Waals surface area contributed by atoms with Gasteiger partial charge in [0.25, 0.3) is 0 Å². The molecule has 1 unspecified atom stereocenters. The van der Waals surface area contributed by atoms with Crippen molar-refractivity contribution in [3.05, 3.63) is 29.6 Å². The Hall–Kier alpha value is -1.39. The van der Waals surface area contributed by atoms with Crippen molar-refractivity contribution in [3.63, 3.8) is 0 Å². The summed E-state index contributed by atoms with van der Waals surface area (Å²) < 4.78 is 2.26. The molecule has 1 N–H and O–H groups in total. The number of hydrogen-bond donors (Lipinski definition) is 1. The molecule has 4 nitrogen and oxygen atoms in total. The van der Waals surface area contributed by atoms with Crippen LogP contribution in [0.5, 0.6) is 0 Å². The third-order valence-electron chi connectivity index (χ3n) is 3.78. The molecule has 1 atom stereocenters. The van der Waals surface area contributed by atoms with Crippen molar-refractivity contribution in [2.24, 2.45) is 0 Å². The SMILES string of the molecule is CCC(c1nc2cc(C)ccc2n1CCCO)N(C)C. The van der Waals surface area contributed by atoms with Gasteiger partial charge >= 0.3 is 0 Å². The highest BCUT2D eigenvalue weighted by molar-refractivity contribution is 5.77. The molecule has 0 saturated carbocycles. The van der Waals surface area contributed by atoms with Crippen molar-refractivity contribution in [3.8, 4) is 0 Å². The van der Waals surface area contributed by atoms with Crippen LogP contribution in [-0.4, -0.2) is 40.3 Å². The second-order valence-electron chi connectivity index (χ2n) is 5.58. The number of aryl methyl sites for hydroxylation is 2. The smallest absolute Gasteiger partial charge is 0.127 e. The van der Waals surface area contributed by atoms with Crippen LogP contribution >= 0.6 is 0 Å². The lowest BCUT2D eigenvalue weighted by Gasteiger charge is -2.23. The number of rotatable bonds is 6. The van der Waals surface area contributed by atoms with Gasteiger partial charge in [-0.15, -0.1) is 0 Å². The summed E-state index contributed by atoms with van der Waals surface area (Å²) >= 11 is 0. The first-order valence-electron chi connectivity index (χ1n) is 7.32. The Labute approximate surface area is 121 Å². The zero-order chi connectivity index (χ0) is 14.7. The molecular weight excluding hydrogens is 250 g/mol. The maximum atomic E-state index is 9.13. The molecule has 20 heavy (non-hydrogen) atoms. The first kappa shape index (κ1) is 15.0. The minimum absolute atomic E-state index is 0.212. The van der Waals surface area contributed by atoms with E-state index in [1.165, 1.54) is 11.1 Å². The van der Waals surface area contributed by atoms with E-state index in [1.807, 2.05) is 0 Å². The molecule has 1 heterocycles. The van der Waals surface area contributed by atoms with Gasteiger partial charge in [-0.25, -0.2) is 4.98 Å². The molecule has 0 fully saturated rings. The predicted molar refractivity (Wildman–Crippen MR) is 82.9 cm³/mol. The van der Waals surface area contributed by atoms with E-state index in [4.69, 9.17) is 10.1 Å². The Kier molecular flexibility index (Phi) is 4.78. The first-order chi connectivity index (χ1) is 9.58. The largest absolute Gasteiger partial charge is 0.396 e. The van der Waals surface area contributed by atoms with E-state index in [2.05, 4.69) is 55.6 Å². The molecule has 110 valence electrons. The number of aromatic nitrogens is 2. The molecule has 0 aliphatic rings. The van der Waals surface area contributed by atoms with Crippen LogP contribution in [0.3, 0.4) is 0 Å². The molecule has 2 aromatic rings. The van der Waals surface area contributed by atoms with Gasteiger partial charge in [-0.1, -0.05) is 13.0 Å². The van der Waals surface area contributed by atoms with Gasteiger partial charge in [0.1, 0.15) is 5.82 Å². The van der Waals surface area contributed by atoms with Gasteiger partial charge in [-0.2, -0.15) is 0 Å². The summed E-state index contributed by atoms with van der Waals surface area (Å²) in [6, 6.07) is 6.71. The number of aliphatic hydroxyl groups is 1. The Morgan fingerprint density at radius 2 is 2.10 bits per heavy atom. The van der Waals surface area contributed by atoms with Crippen LogP contribution in [0.15, 0.2) is 18.2 Å². The Bertz CT molecular complexity index is 574. The van der Waals surface area contributed by atoms with E-state index in [0.717, 1.165) is 30.7 Å². The lowest BCUT2D eigenvalue weighted by atomic mass is 10.2. The minimum atomic E-state index is 0.212. The average molecular weight is 275 g/mol. The van der Waals surface area contributed by atoms with Crippen LogP contribution in [0.4, 0.5) is 0 Å². The number of benzene rings is 1. The van der Waals surface area contributed by atoms with Gasteiger partial charge in [0.15, 0.2) is 0 Å². The number of imidazole rings is 1. The summed E-state index contributed by atoms with van der Waals surface area (Å²) in [6.07, 6.45) is 1.78. The predicted octanol–water partition coefficient (Wildman–Crippen LogP) is 2.74. The Morgan fingerprint density at radius 1 is 1.35 bits per heavy atom. The van der Waals surface area contributed by atoms with Crippen LogP contribution in [0.1, 0.15) is 37.2 Å². The van der Waals surface area contributed by atoms with Gasteiger partial charge in [0.05, 0.1) is 17.1 Å². The molecule has 1 aromatic carbocycles. The maximum absolute atomic E-state index is 9.13. The third kappa shape index (κ3) is 2.86. The molecular formula is C16H25N3O. The van der Waals surface area contributed by atoms with Gasteiger partial charge < -0.3 is 9.67 Å². The van der Waals surface area contributed by atoms with E-state index in [0.29, 0.717) is 6.04 Å². The molecule has 0 bridgehead atoms. The zero-order valence-electron chi connectivity index (χ0n) is 12.9. The van der Waals surface area contributed by atoms with Crippen molar-refractivity contribution in [1.29, 1.82) is 0 Å². The first-order valence-corrected chi connectivity index (χ1v) is 7.32. The van der Waals surface area contributed by atoms with Gasteiger partial charge in [-0.3, -0.25) is 4.90 Å². The van der Waals surface area contributed by atoms with Gasteiger partial charge in [-0.05, 0) is 51.6 Å².